The molecule has 0 aliphatic heterocycles. The summed E-state index contributed by atoms with van der Waals surface area (Å²) in [5, 5.41) is 4.84. The molecule has 0 aliphatic carbocycles. The lowest BCUT2D eigenvalue weighted by Gasteiger charge is -2.00. The molecule has 5 aromatic rings. The Labute approximate surface area is 159 Å². The molecule has 0 unspecified atom stereocenters. The highest BCUT2D eigenvalue weighted by molar-refractivity contribution is 6.01. The van der Waals surface area contributed by atoms with Crippen molar-refractivity contribution in [3.63, 3.8) is 0 Å². The zero-order chi connectivity index (χ0) is 19.1. The standard InChI is InChI=1S/C21H16N4O3/c1-2-13-7-9-14(10-8-13)20-23-17(28-24-20)11-25-12-22-18-15-5-3-4-6-16(15)27-19(18)21(25)26/h3-10,12H,2,11H2,1H3. The van der Waals surface area contributed by atoms with Crippen LogP contribution < -0.4 is 5.56 Å². The Bertz CT molecular complexity index is 1350. The van der Waals surface area contributed by atoms with Crippen LogP contribution in [0.3, 0.4) is 0 Å². The number of fused-ring (bicyclic) bond motifs is 3. The van der Waals surface area contributed by atoms with Crippen molar-refractivity contribution in [2.75, 3.05) is 0 Å². The second kappa shape index (κ2) is 6.45. The van der Waals surface area contributed by atoms with Crippen molar-refractivity contribution >= 4 is 22.1 Å². The van der Waals surface area contributed by atoms with Crippen LogP contribution in [0.25, 0.3) is 33.5 Å². The average Bonchev–Trinajstić information content (AvgIpc) is 3.35. The van der Waals surface area contributed by atoms with E-state index < -0.39 is 0 Å². The molecule has 0 bridgehead atoms. The third-order valence-electron chi connectivity index (χ3n) is 4.74. The number of aryl methyl sites for hydroxylation is 1. The highest BCUT2D eigenvalue weighted by Crippen LogP contribution is 2.24. The Morgan fingerprint density at radius 1 is 1.07 bits per heavy atom. The molecule has 0 amide bonds. The molecule has 3 heterocycles. The second-order valence-electron chi connectivity index (χ2n) is 6.52. The first-order valence-electron chi connectivity index (χ1n) is 9.01. The number of benzene rings is 2. The molecule has 0 spiro atoms. The summed E-state index contributed by atoms with van der Waals surface area (Å²) in [7, 11) is 0. The van der Waals surface area contributed by atoms with Crippen molar-refractivity contribution < 1.29 is 8.94 Å². The lowest BCUT2D eigenvalue weighted by molar-refractivity contribution is 0.369. The van der Waals surface area contributed by atoms with Gasteiger partial charge in [0.15, 0.2) is 0 Å². The molecule has 3 aromatic heterocycles. The smallest absolute Gasteiger partial charge is 0.297 e. The van der Waals surface area contributed by atoms with E-state index in [0.29, 0.717) is 22.8 Å². The third kappa shape index (κ3) is 2.68. The van der Waals surface area contributed by atoms with E-state index in [0.717, 1.165) is 17.4 Å². The lowest BCUT2D eigenvalue weighted by Crippen LogP contribution is -2.20. The Hall–Kier alpha value is -3.74. The number of nitrogens with zero attached hydrogens (tertiary/aromatic N) is 4. The summed E-state index contributed by atoms with van der Waals surface area (Å²) in [4.78, 5) is 21.6. The van der Waals surface area contributed by atoms with E-state index in [1.165, 1.54) is 16.5 Å². The van der Waals surface area contributed by atoms with Gasteiger partial charge in [0.1, 0.15) is 17.6 Å². The summed E-state index contributed by atoms with van der Waals surface area (Å²) in [5.41, 5.74) is 3.23. The Morgan fingerprint density at radius 2 is 1.89 bits per heavy atom. The van der Waals surface area contributed by atoms with Gasteiger partial charge in [-0.3, -0.25) is 9.36 Å². The van der Waals surface area contributed by atoms with E-state index in [4.69, 9.17) is 8.94 Å². The van der Waals surface area contributed by atoms with Crippen LogP contribution in [0.15, 0.2) is 68.6 Å². The van der Waals surface area contributed by atoms with Crippen LogP contribution in [-0.4, -0.2) is 19.7 Å². The van der Waals surface area contributed by atoms with Crippen LogP contribution in [0.2, 0.25) is 0 Å². The summed E-state index contributed by atoms with van der Waals surface area (Å²) in [6, 6.07) is 15.4. The maximum Gasteiger partial charge on any atom is 0.297 e. The van der Waals surface area contributed by atoms with Crippen molar-refractivity contribution in [3.8, 4) is 11.4 Å². The molecular formula is C21H16N4O3. The molecule has 28 heavy (non-hydrogen) atoms. The molecule has 0 saturated carbocycles. The molecule has 0 fully saturated rings. The number of hydrogen-bond acceptors (Lipinski definition) is 6. The van der Waals surface area contributed by atoms with Crippen molar-refractivity contribution in [1.82, 2.24) is 19.7 Å². The zero-order valence-corrected chi connectivity index (χ0v) is 15.1. The zero-order valence-electron chi connectivity index (χ0n) is 15.1. The van der Waals surface area contributed by atoms with E-state index in [2.05, 4.69) is 22.0 Å². The van der Waals surface area contributed by atoms with Crippen LogP contribution in [-0.2, 0) is 13.0 Å². The molecular weight excluding hydrogens is 356 g/mol. The fraction of sp³-hybridized carbons (Fsp3) is 0.143. The van der Waals surface area contributed by atoms with Crippen molar-refractivity contribution in [3.05, 3.63) is 76.7 Å². The Kier molecular flexibility index (Phi) is 3.79. The number of furan rings is 1. The van der Waals surface area contributed by atoms with Gasteiger partial charge >= 0.3 is 0 Å². The molecule has 7 nitrogen and oxygen atoms in total. The van der Waals surface area contributed by atoms with Crippen LogP contribution in [0.1, 0.15) is 18.4 Å². The quantitative estimate of drug-likeness (QED) is 0.477. The normalized spacial score (nSPS) is 11.5. The highest BCUT2D eigenvalue weighted by atomic mass is 16.5. The van der Waals surface area contributed by atoms with E-state index in [-0.39, 0.29) is 17.7 Å². The minimum atomic E-state index is -0.284. The van der Waals surface area contributed by atoms with Gasteiger partial charge in [0.25, 0.3) is 5.56 Å². The van der Waals surface area contributed by atoms with E-state index in [1.54, 1.807) is 0 Å². The van der Waals surface area contributed by atoms with Crippen molar-refractivity contribution in [1.29, 1.82) is 0 Å². The minimum Gasteiger partial charge on any atom is -0.448 e. The van der Waals surface area contributed by atoms with Crippen LogP contribution in [0.5, 0.6) is 0 Å². The van der Waals surface area contributed by atoms with E-state index in [1.807, 2.05) is 48.5 Å². The fourth-order valence-corrected chi connectivity index (χ4v) is 3.20. The van der Waals surface area contributed by atoms with E-state index >= 15 is 0 Å². The largest absolute Gasteiger partial charge is 0.448 e. The third-order valence-corrected chi connectivity index (χ3v) is 4.74. The lowest BCUT2D eigenvalue weighted by atomic mass is 10.1. The van der Waals surface area contributed by atoms with Gasteiger partial charge in [-0.25, -0.2) is 4.98 Å². The maximum absolute atomic E-state index is 12.8. The Balaban J connectivity index is 1.48. The molecule has 0 N–H and O–H groups in total. The molecule has 2 aromatic carbocycles. The minimum absolute atomic E-state index is 0.124. The summed E-state index contributed by atoms with van der Waals surface area (Å²) in [5.74, 6) is 0.817. The number of rotatable bonds is 4. The maximum atomic E-state index is 12.8. The fourth-order valence-electron chi connectivity index (χ4n) is 3.20. The molecule has 7 heteroatoms. The number of para-hydroxylation sites is 1. The van der Waals surface area contributed by atoms with Gasteiger partial charge < -0.3 is 8.94 Å². The van der Waals surface area contributed by atoms with E-state index in [9.17, 15) is 4.79 Å². The highest BCUT2D eigenvalue weighted by Gasteiger charge is 2.15. The predicted molar refractivity (Wildman–Crippen MR) is 104 cm³/mol. The topological polar surface area (TPSA) is 87.0 Å². The first-order valence-corrected chi connectivity index (χ1v) is 9.01. The van der Waals surface area contributed by atoms with Crippen molar-refractivity contribution in [2.45, 2.75) is 19.9 Å². The summed E-state index contributed by atoms with van der Waals surface area (Å²) < 4.78 is 12.4. The summed E-state index contributed by atoms with van der Waals surface area (Å²) in [6.45, 7) is 2.23. The van der Waals surface area contributed by atoms with Crippen LogP contribution in [0, 0.1) is 0 Å². The van der Waals surface area contributed by atoms with Gasteiger partial charge in [-0.15, -0.1) is 0 Å². The van der Waals surface area contributed by atoms with Gasteiger partial charge in [-0.2, -0.15) is 4.98 Å². The van der Waals surface area contributed by atoms with Gasteiger partial charge in [0.2, 0.25) is 17.3 Å². The molecule has 0 atom stereocenters. The van der Waals surface area contributed by atoms with Crippen LogP contribution >= 0.6 is 0 Å². The summed E-state index contributed by atoms with van der Waals surface area (Å²) >= 11 is 0. The predicted octanol–water partition coefficient (Wildman–Crippen LogP) is 3.80. The first-order chi connectivity index (χ1) is 13.7. The first kappa shape index (κ1) is 16.4. The second-order valence-corrected chi connectivity index (χ2v) is 6.52. The number of aromatic nitrogens is 4. The average molecular weight is 372 g/mol. The summed E-state index contributed by atoms with van der Waals surface area (Å²) in [6.07, 6.45) is 2.45. The Morgan fingerprint density at radius 3 is 2.71 bits per heavy atom. The van der Waals surface area contributed by atoms with Gasteiger partial charge in [0.05, 0.1) is 6.33 Å². The molecule has 0 saturated heterocycles. The van der Waals surface area contributed by atoms with Gasteiger partial charge in [0, 0.05) is 10.9 Å². The molecule has 0 aliphatic rings. The SMILES string of the molecule is CCc1ccc(-c2noc(Cn3cnc4c(oc5ccccc54)c3=O)n2)cc1. The van der Waals surface area contributed by atoms with Gasteiger partial charge in [-0.05, 0) is 24.1 Å². The monoisotopic (exact) mass is 372 g/mol. The van der Waals surface area contributed by atoms with Crippen molar-refractivity contribution in [2.24, 2.45) is 0 Å². The molecule has 0 radical (unpaired) electrons. The molecule has 5 rings (SSSR count). The molecule has 138 valence electrons. The number of hydrogen-bond donors (Lipinski definition) is 0. The van der Waals surface area contributed by atoms with Gasteiger partial charge in [-0.1, -0.05) is 48.5 Å². The van der Waals surface area contributed by atoms with Crippen LogP contribution in [0.4, 0.5) is 0 Å².